The molecule has 0 bridgehead atoms. The van der Waals surface area contributed by atoms with Gasteiger partial charge in [0.15, 0.2) is 0 Å². The van der Waals surface area contributed by atoms with Crippen LogP contribution in [-0.2, 0) is 0 Å². The summed E-state index contributed by atoms with van der Waals surface area (Å²) in [5.41, 5.74) is 3.66. The molecule has 0 spiro atoms. The van der Waals surface area contributed by atoms with Crippen molar-refractivity contribution in [3.8, 4) is 0 Å². The minimum Gasteiger partial charge on any atom is -0.388 e. The average molecular weight is 231 g/mol. The summed E-state index contributed by atoms with van der Waals surface area (Å²) in [6.45, 7) is 6.21. The Hall–Kier alpha value is -1.28. The Balaban J connectivity index is 2.28. The Labute approximate surface area is 104 Å². The summed E-state index contributed by atoms with van der Waals surface area (Å²) in [6.07, 6.45) is 3.81. The number of nitrogens with zero attached hydrogens (tertiary/aromatic N) is 1. The van der Waals surface area contributed by atoms with Gasteiger partial charge in [0.1, 0.15) is 0 Å². The van der Waals surface area contributed by atoms with Gasteiger partial charge in [-0.1, -0.05) is 36.8 Å². The molecular formula is C15H21NO. The molecule has 0 saturated carbocycles. The SMILES string of the molecule is CCC(O)c1ccccc1N1CCC=C(C)C1. The van der Waals surface area contributed by atoms with E-state index in [1.165, 1.54) is 11.3 Å². The largest absolute Gasteiger partial charge is 0.388 e. The molecule has 0 aromatic heterocycles. The van der Waals surface area contributed by atoms with Gasteiger partial charge in [-0.2, -0.15) is 0 Å². The summed E-state index contributed by atoms with van der Waals surface area (Å²) >= 11 is 0. The maximum Gasteiger partial charge on any atom is 0.0807 e. The molecule has 1 aliphatic rings. The quantitative estimate of drug-likeness (QED) is 0.807. The predicted molar refractivity (Wildman–Crippen MR) is 72.3 cm³/mol. The molecule has 2 heteroatoms. The Morgan fingerprint density at radius 1 is 1.35 bits per heavy atom. The lowest BCUT2D eigenvalue weighted by Crippen LogP contribution is -2.30. The average Bonchev–Trinajstić information content (AvgIpc) is 2.38. The van der Waals surface area contributed by atoms with Crippen LogP contribution in [0.2, 0.25) is 0 Å². The third-order valence-corrected chi connectivity index (χ3v) is 3.36. The van der Waals surface area contributed by atoms with Crippen LogP contribution in [0.5, 0.6) is 0 Å². The first-order valence-electron chi connectivity index (χ1n) is 6.40. The lowest BCUT2D eigenvalue weighted by Gasteiger charge is -2.31. The van der Waals surface area contributed by atoms with E-state index >= 15 is 0 Å². The lowest BCUT2D eigenvalue weighted by atomic mass is 10.0. The molecule has 92 valence electrons. The van der Waals surface area contributed by atoms with E-state index in [9.17, 15) is 5.11 Å². The molecule has 1 aliphatic heterocycles. The number of aliphatic hydroxyl groups excluding tert-OH is 1. The van der Waals surface area contributed by atoms with Gasteiger partial charge in [0.25, 0.3) is 0 Å². The smallest absolute Gasteiger partial charge is 0.0807 e. The van der Waals surface area contributed by atoms with E-state index in [0.717, 1.165) is 31.5 Å². The molecule has 1 atom stereocenters. The summed E-state index contributed by atoms with van der Waals surface area (Å²) < 4.78 is 0. The second-order valence-electron chi connectivity index (χ2n) is 4.74. The van der Waals surface area contributed by atoms with Crippen LogP contribution in [0.3, 0.4) is 0 Å². The Kier molecular flexibility index (Phi) is 3.85. The standard InChI is InChI=1S/C15H21NO/c1-3-15(17)13-8-4-5-9-14(13)16-10-6-7-12(2)11-16/h4-5,7-9,15,17H,3,6,10-11H2,1-2H3. The zero-order valence-corrected chi connectivity index (χ0v) is 10.7. The van der Waals surface area contributed by atoms with Crippen molar-refractivity contribution < 1.29 is 5.11 Å². The summed E-state index contributed by atoms with van der Waals surface area (Å²) in [4.78, 5) is 2.36. The summed E-state index contributed by atoms with van der Waals surface area (Å²) in [5, 5.41) is 10.1. The van der Waals surface area contributed by atoms with Gasteiger partial charge in [0, 0.05) is 24.3 Å². The molecule has 1 heterocycles. The fourth-order valence-electron chi connectivity index (χ4n) is 2.39. The molecule has 0 aliphatic carbocycles. The molecule has 1 unspecified atom stereocenters. The van der Waals surface area contributed by atoms with Crippen LogP contribution in [0, 0.1) is 0 Å². The molecule has 2 nitrogen and oxygen atoms in total. The van der Waals surface area contributed by atoms with Crippen molar-refractivity contribution in [1.82, 2.24) is 0 Å². The zero-order valence-electron chi connectivity index (χ0n) is 10.7. The van der Waals surface area contributed by atoms with E-state index in [-0.39, 0.29) is 6.10 Å². The highest BCUT2D eigenvalue weighted by Crippen LogP contribution is 2.29. The fraction of sp³-hybridized carbons (Fsp3) is 0.467. The highest BCUT2D eigenvalue weighted by Gasteiger charge is 2.17. The van der Waals surface area contributed by atoms with Gasteiger partial charge >= 0.3 is 0 Å². The van der Waals surface area contributed by atoms with Crippen molar-refractivity contribution in [2.45, 2.75) is 32.8 Å². The van der Waals surface area contributed by atoms with Crippen LogP contribution >= 0.6 is 0 Å². The van der Waals surface area contributed by atoms with Gasteiger partial charge in [0.05, 0.1) is 6.10 Å². The van der Waals surface area contributed by atoms with Crippen molar-refractivity contribution >= 4 is 5.69 Å². The predicted octanol–water partition coefficient (Wildman–Crippen LogP) is 3.29. The number of rotatable bonds is 3. The van der Waals surface area contributed by atoms with Crippen molar-refractivity contribution in [3.63, 3.8) is 0 Å². The van der Waals surface area contributed by atoms with Crippen molar-refractivity contribution in [2.75, 3.05) is 18.0 Å². The van der Waals surface area contributed by atoms with Crippen LogP contribution in [0.15, 0.2) is 35.9 Å². The maximum absolute atomic E-state index is 10.1. The number of hydrogen-bond donors (Lipinski definition) is 1. The molecule has 0 radical (unpaired) electrons. The molecule has 0 fully saturated rings. The monoisotopic (exact) mass is 231 g/mol. The summed E-state index contributed by atoms with van der Waals surface area (Å²) in [5.74, 6) is 0. The molecular weight excluding hydrogens is 210 g/mol. The van der Waals surface area contributed by atoms with Gasteiger partial charge in [-0.25, -0.2) is 0 Å². The Morgan fingerprint density at radius 2 is 2.12 bits per heavy atom. The van der Waals surface area contributed by atoms with Gasteiger partial charge < -0.3 is 10.0 Å². The number of benzene rings is 1. The minimum atomic E-state index is -0.350. The van der Waals surface area contributed by atoms with Gasteiger partial charge in [-0.05, 0) is 25.8 Å². The molecule has 1 aromatic rings. The van der Waals surface area contributed by atoms with Crippen molar-refractivity contribution in [1.29, 1.82) is 0 Å². The van der Waals surface area contributed by atoms with E-state index in [1.807, 2.05) is 19.1 Å². The lowest BCUT2D eigenvalue weighted by molar-refractivity contribution is 0.174. The number of anilines is 1. The summed E-state index contributed by atoms with van der Waals surface area (Å²) in [6, 6.07) is 8.21. The molecule has 2 rings (SSSR count). The maximum atomic E-state index is 10.1. The van der Waals surface area contributed by atoms with E-state index in [0.29, 0.717) is 0 Å². The molecule has 17 heavy (non-hydrogen) atoms. The number of aliphatic hydroxyl groups is 1. The van der Waals surface area contributed by atoms with E-state index in [4.69, 9.17) is 0 Å². The number of hydrogen-bond acceptors (Lipinski definition) is 2. The second kappa shape index (κ2) is 5.37. The third-order valence-electron chi connectivity index (χ3n) is 3.36. The van der Waals surface area contributed by atoms with Crippen molar-refractivity contribution in [2.24, 2.45) is 0 Å². The highest BCUT2D eigenvalue weighted by molar-refractivity contribution is 5.56. The first kappa shape index (κ1) is 12.2. The first-order chi connectivity index (χ1) is 8.22. The van der Waals surface area contributed by atoms with Crippen molar-refractivity contribution in [3.05, 3.63) is 41.5 Å². The third kappa shape index (κ3) is 2.70. The minimum absolute atomic E-state index is 0.350. The van der Waals surface area contributed by atoms with Crippen LogP contribution in [0.1, 0.15) is 38.4 Å². The molecule has 1 N–H and O–H groups in total. The molecule has 1 aromatic carbocycles. The van der Waals surface area contributed by atoms with Crippen LogP contribution in [0.4, 0.5) is 5.69 Å². The fourth-order valence-corrected chi connectivity index (χ4v) is 2.39. The van der Waals surface area contributed by atoms with Crippen LogP contribution in [0.25, 0.3) is 0 Å². The Morgan fingerprint density at radius 3 is 2.82 bits per heavy atom. The van der Waals surface area contributed by atoms with E-state index < -0.39 is 0 Å². The van der Waals surface area contributed by atoms with E-state index in [1.54, 1.807) is 0 Å². The second-order valence-corrected chi connectivity index (χ2v) is 4.74. The highest BCUT2D eigenvalue weighted by atomic mass is 16.3. The first-order valence-corrected chi connectivity index (χ1v) is 6.40. The zero-order chi connectivity index (χ0) is 12.3. The molecule has 0 amide bonds. The van der Waals surface area contributed by atoms with Gasteiger partial charge in [-0.15, -0.1) is 0 Å². The normalized spacial score (nSPS) is 17.8. The molecule has 0 saturated heterocycles. The van der Waals surface area contributed by atoms with Gasteiger partial charge in [0.2, 0.25) is 0 Å². The number of para-hydroxylation sites is 1. The van der Waals surface area contributed by atoms with Crippen LogP contribution in [-0.4, -0.2) is 18.2 Å². The topological polar surface area (TPSA) is 23.5 Å². The van der Waals surface area contributed by atoms with E-state index in [2.05, 4.69) is 30.0 Å². The summed E-state index contributed by atoms with van der Waals surface area (Å²) in [7, 11) is 0. The van der Waals surface area contributed by atoms with Crippen LogP contribution < -0.4 is 4.90 Å². The van der Waals surface area contributed by atoms with Gasteiger partial charge in [-0.3, -0.25) is 0 Å². The Bertz CT molecular complexity index is 411.